The lowest BCUT2D eigenvalue weighted by Gasteiger charge is -2.11. The van der Waals surface area contributed by atoms with Crippen LogP contribution in [0.25, 0.3) is 0 Å². The van der Waals surface area contributed by atoms with Crippen molar-refractivity contribution in [2.24, 2.45) is 0 Å². The molecule has 0 atom stereocenters. The van der Waals surface area contributed by atoms with Gasteiger partial charge in [0.15, 0.2) is 0 Å². The number of hydrogen-bond donors (Lipinski definition) is 0. The van der Waals surface area contributed by atoms with E-state index >= 15 is 0 Å². The number of esters is 1. The first-order valence-electron chi connectivity index (χ1n) is 5.33. The van der Waals surface area contributed by atoms with Crippen molar-refractivity contribution in [1.82, 2.24) is 0 Å². The minimum atomic E-state index is -0.144. The molecule has 0 spiro atoms. The first-order valence-corrected chi connectivity index (χ1v) is 5.33. The van der Waals surface area contributed by atoms with Crippen LogP contribution in [0.3, 0.4) is 0 Å². The minimum absolute atomic E-state index is 0.144. The fraction of sp³-hybridized carbons (Fsp3) is 0.462. The normalized spacial score (nSPS) is 10.1. The maximum absolute atomic E-state index is 11.4. The second-order valence-electron chi connectivity index (χ2n) is 3.88. The highest BCUT2D eigenvalue weighted by atomic mass is 16.5. The lowest BCUT2D eigenvalue weighted by Crippen LogP contribution is -2.09. The van der Waals surface area contributed by atoms with Crippen LogP contribution in [0.4, 0.5) is 0 Å². The second-order valence-corrected chi connectivity index (χ2v) is 3.88. The van der Waals surface area contributed by atoms with Crippen molar-refractivity contribution in [2.45, 2.75) is 40.5 Å². The average Bonchev–Trinajstić information content (AvgIpc) is 2.19. The molecule has 2 heteroatoms. The fourth-order valence-corrected chi connectivity index (χ4v) is 1.45. The van der Waals surface area contributed by atoms with Crippen molar-refractivity contribution in [1.29, 1.82) is 0 Å². The van der Waals surface area contributed by atoms with E-state index in [-0.39, 0.29) is 5.97 Å². The molecule has 0 radical (unpaired) electrons. The van der Waals surface area contributed by atoms with E-state index in [1.165, 1.54) is 0 Å². The van der Waals surface area contributed by atoms with Gasteiger partial charge >= 0.3 is 5.97 Å². The average molecular weight is 206 g/mol. The lowest BCUT2D eigenvalue weighted by atomic mass is 10.1. The smallest absolute Gasteiger partial charge is 0.311 e. The molecular formula is C13H18O2. The van der Waals surface area contributed by atoms with E-state index < -0.39 is 0 Å². The standard InChI is InChI=1S/C13H18O2/c1-5-6-12(14)15-13-10(3)8-7-9(2)11(13)4/h7-8H,5-6H2,1-4H3. The second kappa shape index (κ2) is 4.96. The Labute approximate surface area is 91.3 Å². The number of carbonyl (C=O) groups is 1. The largest absolute Gasteiger partial charge is 0.426 e. The molecule has 0 unspecified atom stereocenters. The van der Waals surface area contributed by atoms with Crippen LogP contribution in [0.5, 0.6) is 5.75 Å². The van der Waals surface area contributed by atoms with Gasteiger partial charge in [-0.25, -0.2) is 0 Å². The maximum Gasteiger partial charge on any atom is 0.311 e. The van der Waals surface area contributed by atoms with Gasteiger partial charge in [0.2, 0.25) is 0 Å². The zero-order valence-corrected chi connectivity index (χ0v) is 9.89. The highest BCUT2D eigenvalue weighted by Gasteiger charge is 2.10. The molecule has 1 aromatic carbocycles. The predicted octanol–water partition coefficient (Wildman–Crippen LogP) is 3.32. The van der Waals surface area contributed by atoms with E-state index in [2.05, 4.69) is 0 Å². The third kappa shape index (κ3) is 2.82. The van der Waals surface area contributed by atoms with E-state index in [0.29, 0.717) is 6.42 Å². The van der Waals surface area contributed by atoms with Crippen LogP contribution in [0.15, 0.2) is 12.1 Å². The summed E-state index contributed by atoms with van der Waals surface area (Å²) in [7, 11) is 0. The van der Waals surface area contributed by atoms with E-state index in [4.69, 9.17) is 4.74 Å². The third-order valence-electron chi connectivity index (χ3n) is 2.54. The Hall–Kier alpha value is -1.31. The topological polar surface area (TPSA) is 26.3 Å². The third-order valence-corrected chi connectivity index (χ3v) is 2.54. The van der Waals surface area contributed by atoms with Crippen molar-refractivity contribution in [3.8, 4) is 5.75 Å². The van der Waals surface area contributed by atoms with Crippen LogP contribution >= 0.6 is 0 Å². The van der Waals surface area contributed by atoms with Crippen LogP contribution in [-0.2, 0) is 4.79 Å². The van der Waals surface area contributed by atoms with Gasteiger partial charge in [0, 0.05) is 6.42 Å². The summed E-state index contributed by atoms with van der Waals surface area (Å²) < 4.78 is 5.36. The molecule has 2 nitrogen and oxygen atoms in total. The molecule has 0 aromatic heterocycles. The SMILES string of the molecule is CCCC(=O)Oc1c(C)ccc(C)c1C. The Balaban J connectivity index is 2.93. The summed E-state index contributed by atoms with van der Waals surface area (Å²) in [4.78, 5) is 11.4. The van der Waals surface area contributed by atoms with Crippen molar-refractivity contribution in [3.05, 3.63) is 28.8 Å². The fourth-order valence-electron chi connectivity index (χ4n) is 1.45. The van der Waals surface area contributed by atoms with Crippen molar-refractivity contribution >= 4 is 5.97 Å². The van der Waals surface area contributed by atoms with Gasteiger partial charge in [-0.05, 0) is 43.9 Å². The molecule has 82 valence electrons. The van der Waals surface area contributed by atoms with Crippen LogP contribution in [-0.4, -0.2) is 5.97 Å². The molecule has 0 aliphatic rings. The Morgan fingerprint density at radius 2 is 1.80 bits per heavy atom. The molecule has 0 N–H and O–H groups in total. The Bertz CT molecular complexity index is 367. The van der Waals surface area contributed by atoms with Crippen LogP contribution in [0.1, 0.15) is 36.5 Å². The summed E-state index contributed by atoms with van der Waals surface area (Å²) in [5.41, 5.74) is 3.22. The van der Waals surface area contributed by atoms with Crippen LogP contribution < -0.4 is 4.74 Å². The zero-order chi connectivity index (χ0) is 11.4. The Morgan fingerprint density at radius 3 is 2.40 bits per heavy atom. The summed E-state index contributed by atoms with van der Waals surface area (Å²) in [5.74, 6) is 0.586. The Kier molecular flexibility index (Phi) is 3.89. The molecular weight excluding hydrogens is 188 g/mol. The highest BCUT2D eigenvalue weighted by Crippen LogP contribution is 2.26. The van der Waals surface area contributed by atoms with Gasteiger partial charge in [-0.1, -0.05) is 19.1 Å². The van der Waals surface area contributed by atoms with Crippen LogP contribution in [0, 0.1) is 20.8 Å². The molecule has 0 aliphatic heterocycles. The molecule has 0 saturated heterocycles. The molecule has 1 aromatic rings. The summed E-state index contributed by atoms with van der Waals surface area (Å²) >= 11 is 0. The summed E-state index contributed by atoms with van der Waals surface area (Å²) in [6, 6.07) is 4.03. The highest BCUT2D eigenvalue weighted by molar-refractivity contribution is 5.73. The quantitative estimate of drug-likeness (QED) is 0.560. The Morgan fingerprint density at radius 1 is 1.20 bits per heavy atom. The first kappa shape index (κ1) is 11.8. The van der Waals surface area contributed by atoms with E-state index in [0.717, 1.165) is 28.9 Å². The predicted molar refractivity (Wildman–Crippen MR) is 61.2 cm³/mol. The number of benzene rings is 1. The van der Waals surface area contributed by atoms with Gasteiger partial charge in [0.25, 0.3) is 0 Å². The molecule has 0 fully saturated rings. The van der Waals surface area contributed by atoms with Crippen molar-refractivity contribution < 1.29 is 9.53 Å². The van der Waals surface area contributed by atoms with Gasteiger partial charge in [-0.15, -0.1) is 0 Å². The maximum atomic E-state index is 11.4. The lowest BCUT2D eigenvalue weighted by molar-refractivity contribution is -0.134. The van der Waals surface area contributed by atoms with E-state index in [9.17, 15) is 4.79 Å². The van der Waals surface area contributed by atoms with Crippen molar-refractivity contribution in [2.75, 3.05) is 0 Å². The summed E-state index contributed by atoms with van der Waals surface area (Å²) in [6.45, 7) is 7.93. The van der Waals surface area contributed by atoms with Gasteiger partial charge < -0.3 is 4.74 Å². The van der Waals surface area contributed by atoms with E-state index in [1.54, 1.807) is 0 Å². The molecule has 0 bridgehead atoms. The molecule has 0 saturated carbocycles. The first-order chi connectivity index (χ1) is 7.06. The van der Waals surface area contributed by atoms with Gasteiger partial charge in [-0.2, -0.15) is 0 Å². The monoisotopic (exact) mass is 206 g/mol. The number of carbonyl (C=O) groups excluding carboxylic acids is 1. The molecule has 0 amide bonds. The molecule has 15 heavy (non-hydrogen) atoms. The number of rotatable bonds is 3. The molecule has 0 aliphatic carbocycles. The summed E-state index contributed by atoms with van der Waals surface area (Å²) in [6.07, 6.45) is 1.30. The van der Waals surface area contributed by atoms with Crippen LogP contribution in [0.2, 0.25) is 0 Å². The minimum Gasteiger partial charge on any atom is -0.426 e. The molecule has 1 rings (SSSR count). The van der Waals surface area contributed by atoms with Gasteiger partial charge in [0.1, 0.15) is 5.75 Å². The zero-order valence-electron chi connectivity index (χ0n) is 9.89. The number of ether oxygens (including phenoxy) is 1. The number of hydrogen-bond acceptors (Lipinski definition) is 2. The van der Waals surface area contributed by atoms with Gasteiger partial charge in [-0.3, -0.25) is 4.79 Å². The van der Waals surface area contributed by atoms with E-state index in [1.807, 2.05) is 39.8 Å². The number of aryl methyl sites for hydroxylation is 2. The summed E-state index contributed by atoms with van der Waals surface area (Å²) in [5, 5.41) is 0. The van der Waals surface area contributed by atoms with Crippen molar-refractivity contribution in [3.63, 3.8) is 0 Å². The molecule has 0 heterocycles. The van der Waals surface area contributed by atoms with Gasteiger partial charge in [0.05, 0.1) is 0 Å².